The number of nitrogens with zero attached hydrogens (tertiary/aromatic N) is 5. The van der Waals surface area contributed by atoms with Gasteiger partial charge in [-0.25, -0.2) is 9.97 Å². The lowest BCUT2D eigenvalue weighted by Crippen LogP contribution is -2.14. The molecule has 0 bridgehead atoms. The Labute approximate surface area is 627 Å². The molecule has 510 valence electrons. The molecule has 108 heavy (non-hydrogen) atoms. The molecule has 15 aromatic carbocycles. The number of para-hydroxylation sites is 3. The molecule has 4 heterocycles. The summed E-state index contributed by atoms with van der Waals surface area (Å²) in [6.07, 6.45) is 2.06. The van der Waals surface area contributed by atoms with Crippen LogP contribution in [0.5, 0.6) is 0 Å². The average molecular weight is 1380 g/mol. The molecule has 0 amide bonds. The van der Waals surface area contributed by atoms with Crippen LogP contribution >= 0.6 is 0 Å². The molecule has 4 aromatic heterocycles. The first-order chi connectivity index (χ1) is 52.8. The van der Waals surface area contributed by atoms with Gasteiger partial charge in [0.15, 0.2) is 5.82 Å². The Morgan fingerprint density at radius 2 is 0.519 bits per heavy atom. The third-order valence-electron chi connectivity index (χ3n) is 24.7. The van der Waals surface area contributed by atoms with E-state index in [4.69, 9.17) is 9.97 Å². The first kappa shape index (κ1) is 62.2. The standard InChI is InChI=1S/C103H73N5/c1-101(2)87-34-13-7-28-74(87)80-55-62(40-46-90(80)101)65-43-49-96-83(58-65)77-31-10-16-37-93(77)106(96)71-25-19-22-68(52-71)86-61-104-100(70-24-21-27-73(54-70)108-95-39-18-12-33-79(95)85-60-67(45-51-98(85)108)64-42-48-92-82(57-64)76-30-9-15-36-89(76)103(92,5)6)105-99(86)69-23-20-26-72(53-69)107-94-38-17-11-32-78(94)84-59-66(44-50-97(84)107)63-41-47-91-81(56-63)75-29-8-14-35-88(75)102(91,3)4/h7-61H,1-6H3. The van der Waals surface area contributed by atoms with Crippen LogP contribution in [0.3, 0.4) is 0 Å². The minimum atomic E-state index is -0.0619. The Morgan fingerprint density at radius 1 is 0.213 bits per heavy atom. The number of benzene rings is 15. The van der Waals surface area contributed by atoms with Crippen LogP contribution in [-0.2, 0) is 16.2 Å². The van der Waals surface area contributed by atoms with Crippen molar-refractivity contribution < 1.29 is 0 Å². The lowest BCUT2D eigenvalue weighted by Gasteiger charge is -2.21. The number of rotatable bonds is 9. The smallest absolute Gasteiger partial charge is 0.159 e. The quantitative estimate of drug-likeness (QED) is 0.144. The van der Waals surface area contributed by atoms with Crippen molar-refractivity contribution in [2.75, 3.05) is 0 Å². The largest absolute Gasteiger partial charge is 0.309 e. The second-order valence-corrected chi connectivity index (χ2v) is 31.7. The maximum Gasteiger partial charge on any atom is 0.159 e. The maximum atomic E-state index is 5.81. The molecule has 0 aliphatic heterocycles. The number of hydrogen-bond acceptors (Lipinski definition) is 2. The molecule has 0 N–H and O–H groups in total. The van der Waals surface area contributed by atoms with Crippen molar-refractivity contribution in [2.24, 2.45) is 0 Å². The molecule has 0 spiro atoms. The topological polar surface area (TPSA) is 40.6 Å². The van der Waals surface area contributed by atoms with Gasteiger partial charge in [0.25, 0.3) is 0 Å². The minimum Gasteiger partial charge on any atom is -0.309 e. The molecule has 19 aromatic rings. The van der Waals surface area contributed by atoms with E-state index in [-0.39, 0.29) is 16.2 Å². The van der Waals surface area contributed by atoms with E-state index < -0.39 is 0 Å². The Bertz CT molecular complexity index is 7100. The molecular formula is C103H73N5. The Kier molecular flexibility index (Phi) is 13.2. The van der Waals surface area contributed by atoms with Crippen molar-refractivity contribution in [1.29, 1.82) is 0 Å². The lowest BCUT2D eigenvalue weighted by molar-refractivity contribution is 0.660. The lowest BCUT2D eigenvalue weighted by atomic mass is 9.82. The van der Waals surface area contributed by atoms with Crippen LogP contribution in [0, 0.1) is 0 Å². The minimum absolute atomic E-state index is 0.0563. The van der Waals surface area contributed by atoms with Gasteiger partial charge in [0.2, 0.25) is 0 Å². The van der Waals surface area contributed by atoms with Crippen LogP contribution in [0.4, 0.5) is 0 Å². The van der Waals surface area contributed by atoms with Crippen LogP contribution in [0.2, 0.25) is 0 Å². The van der Waals surface area contributed by atoms with Crippen LogP contribution in [0.25, 0.3) is 183 Å². The SMILES string of the molecule is CC1(C)c2ccccc2-c2cc(-c3ccc4c(c3)c3ccccc3n4-c3cccc(-c4ncc(-c5cccc(-n6c7ccccc7c7cc(-c8ccc9c(c8)-c8ccccc8C9(C)C)ccc76)c5)c(-c5cccc(-n6c7ccccc7c7cc(-c8ccc9c(c8)-c8ccccc8C9(C)C)ccc76)c5)n4)c3)ccc21. The highest BCUT2D eigenvalue weighted by atomic mass is 15.0. The van der Waals surface area contributed by atoms with Crippen molar-refractivity contribution in [2.45, 2.75) is 57.8 Å². The molecule has 3 aliphatic carbocycles. The summed E-state index contributed by atoms with van der Waals surface area (Å²) in [5.74, 6) is 0.638. The molecule has 5 heteroatoms. The van der Waals surface area contributed by atoms with Gasteiger partial charge < -0.3 is 13.7 Å². The van der Waals surface area contributed by atoms with E-state index >= 15 is 0 Å². The summed E-state index contributed by atoms with van der Waals surface area (Å²) in [6, 6.07) is 122. The van der Waals surface area contributed by atoms with Gasteiger partial charge >= 0.3 is 0 Å². The van der Waals surface area contributed by atoms with Crippen molar-refractivity contribution in [3.05, 3.63) is 367 Å². The van der Waals surface area contributed by atoms with E-state index in [1.807, 2.05) is 0 Å². The summed E-state index contributed by atoms with van der Waals surface area (Å²) >= 11 is 0. The third kappa shape index (κ3) is 9.06. The molecule has 3 aliphatic rings. The zero-order valence-corrected chi connectivity index (χ0v) is 61.0. The van der Waals surface area contributed by atoms with E-state index in [1.165, 1.54) is 132 Å². The van der Waals surface area contributed by atoms with Crippen molar-refractivity contribution in [3.63, 3.8) is 0 Å². The van der Waals surface area contributed by atoms with Gasteiger partial charge in [0.05, 0.1) is 38.8 Å². The Balaban J connectivity index is 0.679. The van der Waals surface area contributed by atoms with Gasteiger partial charge in [0.1, 0.15) is 0 Å². The van der Waals surface area contributed by atoms with Gasteiger partial charge in [0, 0.05) is 88.5 Å². The van der Waals surface area contributed by atoms with Gasteiger partial charge in [-0.3, -0.25) is 0 Å². The summed E-state index contributed by atoms with van der Waals surface area (Å²) in [6.45, 7) is 14.1. The highest BCUT2D eigenvalue weighted by Gasteiger charge is 2.38. The molecule has 0 atom stereocenters. The van der Waals surface area contributed by atoms with Gasteiger partial charge in [-0.1, -0.05) is 260 Å². The summed E-state index contributed by atoms with van der Waals surface area (Å²) in [5, 5.41) is 7.22. The van der Waals surface area contributed by atoms with E-state index in [0.717, 1.165) is 78.1 Å². The summed E-state index contributed by atoms with van der Waals surface area (Å²) in [7, 11) is 0. The van der Waals surface area contributed by atoms with Crippen molar-refractivity contribution in [3.8, 4) is 118 Å². The predicted molar refractivity (Wildman–Crippen MR) is 450 cm³/mol. The zero-order valence-electron chi connectivity index (χ0n) is 61.0. The highest BCUT2D eigenvalue weighted by molar-refractivity contribution is 6.13. The second kappa shape index (κ2) is 22.9. The highest BCUT2D eigenvalue weighted by Crippen LogP contribution is 2.54. The number of hydrogen-bond donors (Lipinski definition) is 0. The zero-order chi connectivity index (χ0) is 72.1. The van der Waals surface area contributed by atoms with E-state index in [9.17, 15) is 0 Å². The van der Waals surface area contributed by atoms with Gasteiger partial charge in [-0.05, 0) is 215 Å². The molecule has 0 saturated heterocycles. The maximum absolute atomic E-state index is 5.81. The van der Waals surface area contributed by atoms with Crippen LogP contribution in [0.15, 0.2) is 334 Å². The normalized spacial score (nSPS) is 14.1. The molecular weight excluding hydrogens is 1310 g/mol. The van der Waals surface area contributed by atoms with Gasteiger partial charge in [-0.2, -0.15) is 0 Å². The molecule has 22 rings (SSSR count). The van der Waals surface area contributed by atoms with Crippen molar-refractivity contribution >= 4 is 65.4 Å². The monoisotopic (exact) mass is 1380 g/mol. The molecule has 0 saturated carbocycles. The first-order valence-electron chi connectivity index (χ1n) is 37.8. The van der Waals surface area contributed by atoms with Crippen molar-refractivity contribution in [1.82, 2.24) is 23.7 Å². The predicted octanol–water partition coefficient (Wildman–Crippen LogP) is 26.7. The van der Waals surface area contributed by atoms with E-state index in [1.54, 1.807) is 0 Å². The Hall–Kier alpha value is -13.2. The second-order valence-electron chi connectivity index (χ2n) is 31.7. The summed E-state index contributed by atoms with van der Waals surface area (Å²) in [5.41, 5.74) is 37.9. The van der Waals surface area contributed by atoms with E-state index in [2.05, 4.69) is 389 Å². The van der Waals surface area contributed by atoms with Crippen LogP contribution in [-0.4, -0.2) is 23.7 Å². The third-order valence-corrected chi connectivity index (χ3v) is 24.7. The van der Waals surface area contributed by atoms with Gasteiger partial charge in [-0.15, -0.1) is 0 Å². The van der Waals surface area contributed by atoms with E-state index in [0.29, 0.717) is 5.82 Å². The molecule has 0 radical (unpaired) electrons. The molecule has 0 fully saturated rings. The summed E-state index contributed by atoms with van der Waals surface area (Å²) < 4.78 is 7.27. The summed E-state index contributed by atoms with van der Waals surface area (Å²) in [4.78, 5) is 11.2. The van der Waals surface area contributed by atoms with Crippen LogP contribution in [0.1, 0.15) is 74.9 Å². The number of fused-ring (bicyclic) bond motifs is 18. The van der Waals surface area contributed by atoms with Crippen LogP contribution < -0.4 is 0 Å². The molecule has 5 nitrogen and oxygen atoms in total. The fourth-order valence-electron chi connectivity index (χ4n) is 19.3. The first-order valence-corrected chi connectivity index (χ1v) is 37.8. The fraction of sp³-hybridized carbons (Fsp3) is 0.0874. The molecule has 0 unspecified atom stereocenters. The Morgan fingerprint density at radius 3 is 0.926 bits per heavy atom. The fourth-order valence-corrected chi connectivity index (χ4v) is 19.3. The number of aromatic nitrogens is 5. The average Bonchev–Trinajstić information content (AvgIpc) is 1.57.